The Labute approximate surface area is 97.0 Å². The molecule has 3 N–H and O–H groups in total. The van der Waals surface area contributed by atoms with E-state index in [-0.39, 0.29) is 6.04 Å². The van der Waals surface area contributed by atoms with Crippen LogP contribution in [0.1, 0.15) is 32.0 Å². The van der Waals surface area contributed by atoms with Crippen LogP contribution in [0.15, 0.2) is 18.6 Å². The standard InChI is InChI=1S/C11H21N5/c1-3-16(4-2)8-5-10(15-12)11-9-13-6-7-14-11/h6-7,9-10,15H,3-5,8,12H2,1-2H3. The van der Waals surface area contributed by atoms with Crippen molar-refractivity contribution in [2.24, 2.45) is 5.84 Å². The molecule has 16 heavy (non-hydrogen) atoms. The molecule has 0 aliphatic heterocycles. The second-order valence-corrected chi connectivity index (χ2v) is 3.67. The molecular weight excluding hydrogens is 202 g/mol. The highest BCUT2D eigenvalue weighted by Gasteiger charge is 2.12. The lowest BCUT2D eigenvalue weighted by Gasteiger charge is -2.21. The molecule has 1 heterocycles. The van der Waals surface area contributed by atoms with Crippen molar-refractivity contribution in [3.63, 3.8) is 0 Å². The monoisotopic (exact) mass is 223 g/mol. The Morgan fingerprint density at radius 2 is 2.12 bits per heavy atom. The van der Waals surface area contributed by atoms with Crippen LogP contribution < -0.4 is 11.3 Å². The summed E-state index contributed by atoms with van der Waals surface area (Å²) < 4.78 is 0. The van der Waals surface area contributed by atoms with E-state index in [1.165, 1.54) is 0 Å². The van der Waals surface area contributed by atoms with E-state index >= 15 is 0 Å². The Bertz CT molecular complexity index is 273. The summed E-state index contributed by atoms with van der Waals surface area (Å²) in [6.45, 7) is 7.47. The van der Waals surface area contributed by atoms with Crippen molar-refractivity contribution < 1.29 is 0 Å². The van der Waals surface area contributed by atoms with Gasteiger partial charge in [-0.15, -0.1) is 0 Å². The lowest BCUT2D eigenvalue weighted by atomic mass is 10.1. The number of hydrogen-bond acceptors (Lipinski definition) is 5. The minimum Gasteiger partial charge on any atom is -0.304 e. The van der Waals surface area contributed by atoms with Gasteiger partial charge < -0.3 is 4.90 Å². The van der Waals surface area contributed by atoms with E-state index in [4.69, 9.17) is 5.84 Å². The highest BCUT2D eigenvalue weighted by molar-refractivity contribution is 5.01. The Balaban J connectivity index is 2.50. The number of nitrogens with one attached hydrogen (secondary N) is 1. The Kier molecular flexibility index (Phi) is 5.92. The smallest absolute Gasteiger partial charge is 0.0770 e. The first-order valence-corrected chi connectivity index (χ1v) is 5.76. The predicted molar refractivity (Wildman–Crippen MR) is 64.5 cm³/mol. The topological polar surface area (TPSA) is 67.1 Å². The molecule has 90 valence electrons. The highest BCUT2D eigenvalue weighted by Crippen LogP contribution is 2.12. The van der Waals surface area contributed by atoms with E-state index in [9.17, 15) is 0 Å². The second kappa shape index (κ2) is 7.27. The van der Waals surface area contributed by atoms with Gasteiger partial charge >= 0.3 is 0 Å². The van der Waals surface area contributed by atoms with Gasteiger partial charge in [0.15, 0.2) is 0 Å². The fourth-order valence-corrected chi connectivity index (χ4v) is 1.66. The van der Waals surface area contributed by atoms with E-state index in [1.54, 1.807) is 18.6 Å². The summed E-state index contributed by atoms with van der Waals surface area (Å²) in [6, 6.07) is 0.0781. The van der Waals surface area contributed by atoms with Gasteiger partial charge in [-0.25, -0.2) is 0 Å². The minimum atomic E-state index is 0.0781. The summed E-state index contributed by atoms with van der Waals surface area (Å²) in [5.74, 6) is 5.54. The van der Waals surface area contributed by atoms with Gasteiger partial charge in [-0.2, -0.15) is 0 Å². The molecule has 0 aliphatic rings. The predicted octanol–water partition coefficient (Wildman–Crippen LogP) is 0.713. The summed E-state index contributed by atoms with van der Waals surface area (Å²) >= 11 is 0. The van der Waals surface area contributed by atoms with Gasteiger partial charge in [-0.3, -0.25) is 21.2 Å². The molecule has 0 aromatic carbocycles. The van der Waals surface area contributed by atoms with Crippen molar-refractivity contribution in [3.05, 3.63) is 24.3 Å². The Morgan fingerprint density at radius 1 is 1.38 bits per heavy atom. The van der Waals surface area contributed by atoms with Crippen LogP contribution in [0, 0.1) is 0 Å². The third kappa shape index (κ3) is 3.84. The first-order chi connectivity index (χ1) is 7.81. The van der Waals surface area contributed by atoms with Crippen LogP contribution in [0.3, 0.4) is 0 Å². The van der Waals surface area contributed by atoms with Crippen LogP contribution in [-0.2, 0) is 0 Å². The molecule has 0 bridgehead atoms. The molecule has 0 saturated carbocycles. The van der Waals surface area contributed by atoms with Gasteiger partial charge in [0.25, 0.3) is 0 Å². The zero-order chi connectivity index (χ0) is 11.8. The summed E-state index contributed by atoms with van der Waals surface area (Å²) in [4.78, 5) is 10.7. The minimum absolute atomic E-state index is 0.0781. The van der Waals surface area contributed by atoms with Gasteiger partial charge in [-0.1, -0.05) is 13.8 Å². The molecule has 1 aromatic rings. The van der Waals surface area contributed by atoms with E-state index in [1.807, 2.05) is 0 Å². The van der Waals surface area contributed by atoms with Crippen molar-refractivity contribution in [3.8, 4) is 0 Å². The summed E-state index contributed by atoms with van der Waals surface area (Å²) in [6.07, 6.45) is 6.06. The second-order valence-electron chi connectivity index (χ2n) is 3.67. The fourth-order valence-electron chi connectivity index (χ4n) is 1.66. The van der Waals surface area contributed by atoms with Crippen LogP contribution in [-0.4, -0.2) is 34.5 Å². The van der Waals surface area contributed by atoms with Crippen LogP contribution in [0.25, 0.3) is 0 Å². The first-order valence-electron chi connectivity index (χ1n) is 5.76. The van der Waals surface area contributed by atoms with Crippen LogP contribution >= 0.6 is 0 Å². The molecule has 0 radical (unpaired) electrons. The molecule has 0 amide bonds. The highest BCUT2D eigenvalue weighted by atomic mass is 15.2. The average molecular weight is 223 g/mol. The number of rotatable bonds is 7. The largest absolute Gasteiger partial charge is 0.304 e. The average Bonchev–Trinajstić information content (AvgIpc) is 2.36. The van der Waals surface area contributed by atoms with E-state index < -0.39 is 0 Å². The van der Waals surface area contributed by atoms with Crippen molar-refractivity contribution in [2.75, 3.05) is 19.6 Å². The molecule has 5 heteroatoms. The Hall–Kier alpha value is -1.04. The maximum Gasteiger partial charge on any atom is 0.0770 e. The normalized spacial score (nSPS) is 13.0. The van der Waals surface area contributed by atoms with E-state index in [0.717, 1.165) is 31.7 Å². The van der Waals surface area contributed by atoms with Crippen LogP contribution in [0.5, 0.6) is 0 Å². The van der Waals surface area contributed by atoms with Gasteiger partial charge in [0.05, 0.1) is 17.9 Å². The van der Waals surface area contributed by atoms with Crippen molar-refractivity contribution in [1.29, 1.82) is 0 Å². The zero-order valence-electron chi connectivity index (χ0n) is 10.1. The Morgan fingerprint density at radius 3 is 2.62 bits per heavy atom. The number of nitrogens with zero attached hydrogens (tertiary/aromatic N) is 3. The molecule has 1 unspecified atom stereocenters. The molecule has 5 nitrogen and oxygen atoms in total. The van der Waals surface area contributed by atoms with Crippen LogP contribution in [0.2, 0.25) is 0 Å². The third-order valence-electron chi connectivity index (χ3n) is 2.77. The van der Waals surface area contributed by atoms with Gasteiger partial charge in [0, 0.05) is 18.9 Å². The van der Waals surface area contributed by atoms with Crippen LogP contribution in [0.4, 0.5) is 0 Å². The van der Waals surface area contributed by atoms with E-state index in [0.29, 0.717) is 0 Å². The molecule has 0 fully saturated rings. The lowest BCUT2D eigenvalue weighted by molar-refractivity contribution is 0.281. The molecular formula is C11H21N5. The first kappa shape index (κ1) is 13.0. The maximum atomic E-state index is 5.54. The molecule has 0 spiro atoms. The molecule has 0 aliphatic carbocycles. The van der Waals surface area contributed by atoms with Crippen molar-refractivity contribution in [1.82, 2.24) is 20.3 Å². The quantitative estimate of drug-likeness (QED) is 0.526. The number of nitrogens with two attached hydrogens (primary N) is 1. The number of aromatic nitrogens is 2. The summed E-state index contributed by atoms with van der Waals surface area (Å²) in [5, 5.41) is 0. The molecule has 1 atom stereocenters. The SMILES string of the molecule is CCN(CC)CCC(NN)c1cnccn1. The van der Waals surface area contributed by atoms with E-state index in [2.05, 4.69) is 34.1 Å². The summed E-state index contributed by atoms with van der Waals surface area (Å²) in [5.41, 5.74) is 3.69. The van der Waals surface area contributed by atoms with Gasteiger partial charge in [-0.05, 0) is 19.5 Å². The molecule has 0 saturated heterocycles. The van der Waals surface area contributed by atoms with Gasteiger partial charge in [0.2, 0.25) is 0 Å². The third-order valence-corrected chi connectivity index (χ3v) is 2.77. The lowest BCUT2D eigenvalue weighted by Crippen LogP contribution is -2.33. The molecule has 1 aromatic heterocycles. The van der Waals surface area contributed by atoms with Gasteiger partial charge in [0.1, 0.15) is 0 Å². The maximum absolute atomic E-state index is 5.54. The molecule has 1 rings (SSSR count). The number of hydrogen-bond donors (Lipinski definition) is 2. The summed E-state index contributed by atoms with van der Waals surface area (Å²) in [7, 11) is 0. The number of hydrazine groups is 1. The van der Waals surface area contributed by atoms with Crippen molar-refractivity contribution >= 4 is 0 Å². The fraction of sp³-hybridized carbons (Fsp3) is 0.636. The van der Waals surface area contributed by atoms with Crippen molar-refractivity contribution in [2.45, 2.75) is 26.3 Å². The zero-order valence-corrected chi connectivity index (χ0v) is 10.1.